The fraction of sp³-hybridized carbons (Fsp3) is 0.364. The standard InChI is InChI=1S/C11H15N5/c1-3-4-11-13-14-15-16(11)10-7-8(2)5-6-9(10)12/h5-7H,3-4,12H2,1-2H3. The maximum atomic E-state index is 5.93. The van der Waals surface area contributed by atoms with Gasteiger partial charge in [-0.25, -0.2) is 0 Å². The second kappa shape index (κ2) is 4.30. The zero-order valence-electron chi connectivity index (χ0n) is 9.51. The van der Waals surface area contributed by atoms with Crippen molar-refractivity contribution in [1.82, 2.24) is 20.2 Å². The highest BCUT2D eigenvalue weighted by Crippen LogP contribution is 2.18. The molecule has 5 nitrogen and oxygen atoms in total. The summed E-state index contributed by atoms with van der Waals surface area (Å²) in [5.41, 5.74) is 8.62. The number of hydrogen-bond donors (Lipinski definition) is 1. The lowest BCUT2D eigenvalue weighted by molar-refractivity contribution is 0.746. The zero-order valence-corrected chi connectivity index (χ0v) is 9.51. The number of nitrogens with two attached hydrogens (primary N) is 1. The Morgan fingerprint density at radius 3 is 2.94 bits per heavy atom. The Kier molecular flexibility index (Phi) is 2.85. The highest BCUT2D eigenvalue weighted by atomic mass is 15.5. The molecule has 0 aliphatic rings. The van der Waals surface area contributed by atoms with Crippen LogP contribution in [-0.2, 0) is 6.42 Å². The molecule has 0 saturated carbocycles. The van der Waals surface area contributed by atoms with Crippen molar-refractivity contribution in [2.45, 2.75) is 26.7 Å². The molecule has 0 amide bonds. The van der Waals surface area contributed by atoms with Crippen LogP contribution in [0.15, 0.2) is 18.2 Å². The molecule has 0 saturated heterocycles. The molecule has 1 heterocycles. The number of tetrazole rings is 1. The average Bonchev–Trinajstić information content (AvgIpc) is 2.70. The Hall–Kier alpha value is -1.91. The van der Waals surface area contributed by atoms with E-state index in [0.717, 1.165) is 29.9 Å². The van der Waals surface area contributed by atoms with Gasteiger partial charge in [-0.15, -0.1) is 5.10 Å². The Morgan fingerprint density at radius 2 is 2.19 bits per heavy atom. The molecule has 0 bridgehead atoms. The van der Waals surface area contributed by atoms with Gasteiger partial charge in [0, 0.05) is 6.42 Å². The van der Waals surface area contributed by atoms with Crippen molar-refractivity contribution in [3.05, 3.63) is 29.6 Å². The molecule has 1 aromatic heterocycles. The lowest BCUT2D eigenvalue weighted by Gasteiger charge is -2.07. The highest BCUT2D eigenvalue weighted by Gasteiger charge is 2.09. The maximum Gasteiger partial charge on any atom is 0.156 e. The highest BCUT2D eigenvalue weighted by molar-refractivity contribution is 5.58. The molecule has 0 spiro atoms. The molecule has 2 rings (SSSR count). The van der Waals surface area contributed by atoms with Gasteiger partial charge in [0.1, 0.15) is 0 Å². The first-order valence-corrected chi connectivity index (χ1v) is 5.36. The van der Waals surface area contributed by atoms with Gasteiger partial charge in [0.2, 0.25) is 0 Å². The van der Waals surface area contributed by atoms with E-state index in [-0.39, 0.29) is 0 Å². The fourth-order valence-corrected chi connectivity index (χ4v) is 1.61. The minimum Gasteiger partial charge on any atom is -0.397 e. The van der Waals surface area contributed by atoms with Crippen molar-refractivity contribution in [1.29, 1.82) is 0 Å². The van der Waals surface area contributed by atoms with Crippen molar-refractivity contribution >= 4 is 5.69 Å². The van der Waals surface area contributed by atoms with Crippen LogP contribution >= 0.6 is 0 Å². The van der Waals surface area contributed by atoms with E-state index < -0.39 is 0 Å². The summed E-state index contributed by atoms with van der Waals surface area (Å²) in [6, 6.07) is 5.84. The Morgan fingerprint density at radius 1 is 1.38 bits per heavy atom. The monoisotopic (exact) mass is 217 g/mol. The van der Waals surface area contributed by atoms with E-state index in [9.17, 15) is 0 Å². The van der Waals surface area contributed by atoms with Crippen LogP contribution < -0.4 is 5.73 Å². The summed E-state index contributed by atoms with van der Waals surface area (Å²) >= 11 is 0. The number of rotatable bonds is 3. The van der Waals surface area contributed by atoms with E-state index >= 15 is 0 Å². The van der Waals surface area contributed by atoms with E-state index in [1.807, 2.05) is 25.1 Å². The van der Waals surface area contributed by atoms with Crippen LogP contribution in [0.5, 0.6) is 0 Å². The summed E-state index contributed by atoms with van der Waals surface area (Å²) in [5, 5.41) is 11.7. The van der Waals surface area contributed by atoms with E-state index in [1.165, 1.54) is 0 Å². The Balaban J connectivity index is 2.49. The van der Waals surface area contributed by atoms with Gasteiger partial charge in [-0.1, -0.05) is 13.0 Å². The SMILES string of the molecule is CCCc1nnnn1-c1cc(C)ccc1N. The number of anilines is 1. The molecule has 0 aliphatic heterocycles. The zero-order chi connectivity index (χ0) is 11.5. The van der Waals surface area contributed by atoms with Gasteiger partial charge in [-0.3, -0.25) is 0 Å². The lowest BCUT2D eigenvalue weighted by atomic mass is 10.2. The van der Waals surface area contributed by atoms with Gasteiger partial charge < -0.3 is 5.73 Å². The molecule has 84 valence electrons. The van der Waals surface area contributed by atoms with Crippen molar-refractivity contribution in [2.75, 3.05) is 5.73 Å². The van der Waals surface area contributed by atoms with E-state index in [1.54, 1.807) is 4.68 Å². The van der Waals surface area contributed by atoms with Crippen LogP contribution in [0.3, 0.4) is 0 Å². The minimum absolute atomic E-state index is 0.690. The summed E-state index contributed by atoms with van der Waals surface area (Å²) in [4.78, 5) is 0. The van der Waals surface area contributed by atoms with Crippen LogP contribution in [0.2, 0.25) is 0 Å². The Bertz CT molecular complexity index is 489. The average molecular weight is 217 g/mol. The number of nitrogens with zero attached hydrogens (tertiary/aromatic N) is 4. The smallest absolute Gasteiger partial charge is 0.156 e. The van der Waals surface area contributed by atoms with Gasteiger partial charge in [0.15, 0.2) is 5.82 Å². The molecular formula is C11H15N5. The quantitative estimate of drug-likeness (QED) is 0.791. The summed E-state index contributed by atoms with van der Waals surface area (Å²) < 4.78 is 1.71. The lowest BCUT2D eigenvalue weighted by Crippen LogP contribution is -2.06. The van der Waals surface area contributed by atoms with Crippen molar-refractivity contribution < 1.29 is 0 Å². The number of hydrogen-bond acceptors (Lipinski definition) is 4. The third kappa shape index (κ3) is 1.88. The van der Waals surface area contributed by atoms with Gasteiger partial charge in [0.05, 0.1) is 11.4 Å². The third-order valence-electron chi connectivity index (χ3n) is 2.42. The third-order valence-corrected chi connectivity index (χ3v) is 2.42. The minimum atomic E-state index is 0.690. The molecule has 0 unspecified atom stereocenters. The summed E-state index contributed by atoms with van der Waals surface area (Å²) in [7, 11) is 0. The van der Waals surface area contributed by atoms with Crippen LogP contribution in [0, 0.1) is 6.92 Å². The summed E-state index contributed by atoms with van der Waals surface area (Å²) in [6.07, 6.45) is 1.85. The molecule has 2 aromatic rings. The molecular weight excluding hydrogens is 202 g/mol. The normalized spacial score (nSPS) is 10.6. The maximum absolute atomic E-state index is 5.93. The predicted octanol–water partition coefficient (Wildman–Crippen LogP) is 1.51. The number of benzene rings is 1. The van der Waals surface area contributed by atoms with E-state index in [0.29, 0.717) is 5.69 Å². The fourth-order valence-electron chi connectivity index (χ4n) is 1.61. The van der Waals surface area contributed by atoms with Gasteiger partial charge in [-0.05, 0) is 41.5 Å². The van der Waals surface area contributed by atoms with E-state index in [2.05, 4.69) is 22.4 Å². The molecule has 2 N–H and O–H groups in total. The largest absolute Gasteiger partial charge is 0.397 e. The summed E-state index contributed by atoms with van der Waals surface area (Å²) in [5.74, 6) is 0.847. The molecule has 0 atom stereocenters. The molecule has 0 fully saturated rings. The molecule has 0 radical (unpaired) electrons. The molecule has 1 aromatic carbocycles. The van der Waals surface area contributed by atoms with E-state index in [4.69, 9.17) is 5.73 Å². The Labute approximate surface area is 94.3 Å². The van der Waals surface area contributed by atoms with Crippen molar-refractivity contribution in [3.8, 4) is 5.69 Å². The van der Waals surface area contributed by atoms with Gasteiger partial charge in [0.25, 0.3) is 0 Å². The van der Waals surface area contributed by atoms with Gasteiger partial charge in [-0.2, -0.15) is 4.68 Å². The van der Waals surface area contributed by atoms with Gasteiger partial charge >= 0.3 is 0 Å². The molecule has 5 heteroatoms. The predicted molar refractivity (Wildman–Crippen MR) is 62.3 cm³/mol. The van der Waals surface area contributed by atoms with Crippen molar-refractivity contribution in [2.24, 2.45) is 0 Å². The second-order valence-corrected chi connectivity index (χ2v) is 3.82. The van der Waals surface area contributed by atoms with Crippen molar-refractivity contribution in [3.63, 3.8) is 0 Å². The first-order chi connectivity index (χ1) is 7.72. The molecule has 16 heavy (non-hydrogen) atoms. The first kappa shape index (κ1) is 10.6. The first-order valence-electron chi connectivity index (χ1n) is 5.36. The summed E-state index contributed by atoms with van der Waals surface area (Å²) in [6.45, 7) is 4.12. The topological polar surface area (TPSA) is 69.6 Å². The van der Waals surface area contributed by atoms with Crippen LogP contribution in [0.1, 0.15) is 24.7 Å². The number of aromatic nitrogens is 4. The van der Waals surface area contributed by atoms with Crippen LogP contribution in [0.4, 0.5) is 5.69 Å². The molecule has 0 aliphatic carbocycles. The van der Waals surface area contributed by atoms with Crippen LogP contribution in [-0.4, -0.2) is 20.2 Å². The number of aryl methyl sites for hydroxylation is 2. The van der Waals surface area contributed by atoms with Crippen LogP contribution in [0.25, 0.3) is 5.69 Å². The number of nitrogen functional groups attached to an aromatic ring is 1. The second-order valence-electron chi connectivity index (χ2n) is 3.82.